The zero-order valence-electron chi connectivity index (χ0n) is 17.2. The van der Waals surface area contributed by atoms with Gasteiger partial charge >= 0.3 is 31.4 Å². The molecule has 0 saturated carbocycles. The van der Waals surface area contributed by atoms with Crippen molar-refractivity contribution in [2.75, 3.05) is 0 Å². The van der Waals surface area contributed by atoms with Crippen molar-refractivity contribution in [2.24, 2.45) is 0 Å². The molecule has 4 aromatic carbocycles. The van der Waals surface area contributed by atoms with Crippen LogP contribution in [-0.2, 0) is 19.5 Å². The van der Waals surface area contributed by atoms with E-state index < -0.39 is 23.4 Å². The predicted molar refractivity (Wildman–Crippen MR) is 115 cm³/mol. The number of carboxylic acid groups (broad SMARTS) is 2. The van der Waals surface area contributed by atoms with Crippen LogP contribution in [0.1, 0.15) is 20.7 Å². The van der Waals surface area contributed by atoms with Crippen molar-refractivity contribution in [3.05, 3.63) is 83.9 Å². The van der Waals surface area contributed by atoms with Crippen LogP contribution in [0.3, 0.4) is 0 Å². The molecule has 0 aliphatic heterocycles. The molecule has 0 aliphatic carbocycles. The Morgan fingerprint density at radius 1 is 0.545 bits per heavy atom. The first-order chi connectivity index (χ1) is 13.4. The fourth-order valence-electron chi connectivity index (χ4n) is 2.82. The van der Waals surface area contributed by atoms with E-state index in [1.807, 2.05) is 12.1 Å². The van der Waals surface area contributed by atoms with Gasteiger partial charge in [0.1, 0.15) is 0 Å². The van der Waals surface area contributed by atoms with E-state index in [1.54, 1.807) is 48.5 Å². The standard InChI is InChI=1S/2C11H8O3.4H2O.Zn/c2*12-10-8-4-2-1-3-7(8)5-6-9(10)11(13)14;;;;;/h2*1-6,12H,(H,13,14);4*1H2;/q;;;;;;+2/p-2. The van der Waals surface area contributed by atoms with E-state index in [0.717, 1.165) is 10.8 Å². The van der Waals surface area contributed by atoms with Crippen molar-refractivity contribution >= 4 is 33.5 Å². The van der Waals surface area contributed by atoms with E-state index in [2.05, 4.69) is 0 Å². The van der Waals surface area contributed by atoms with Crippen LogP contribution in [0.5, 0.6) is 11.5 Å². The van der Waals surface area contributed by atoms with Crippen LogP contribution in [0.25, 0.3) is 21.5 Å². The molecule has 10 N–H and O–H groups in total. The SMILES string of the molecule is O.O.O.O.O=C(O)c1ccc2ccccc2c1[O-].O=C(O)c1ccc2ccccc2c1[O-].[Zn+2]. The minimum absolute atomic E-state index is 0. The maximum atomic E-state index is 11.6. The molecule has 0 aromatic heterocycles. The molecule has 0 spiro atoms. The van der Waals surface area contributed by atoms with Crippen LogP contribution in [0, 0.1) is 0 Å². The van der Waals surface area contributed by atoms with E-state index in [0.29, 0.717) is 10.8 Å². The Balaban J connectivity index is -0.000000474. The molecule has 0 aliphatic rings. The van der Waals surface area contributed by atoms with Crippen molar-refractivity contribution in [2.45, 2.75) is 0 Å². The minimum Gasteiger partial charge on any atom is -0.871 e. The van der Waals surface area contributed by atoms with E-state index in [4.69, 9.17) is 10.2 Å². The Kier molecular flexibility index (Phi) is 14.9. The van der Waals surface area contributed by atoms with Gasteiger partial charge in [0.05, 0.1) is 11.1 Å². The van der Waals surface area contributed by atoms with Gasteiger partial charge in [-0.05, 0) is 33.7 Å². The van der Waals surface area contributed by atoms with Crippen molar-refractivity contribution < 1.29 is 71.4 Å². The van der Waals surface area contributed by atoms with E-state index >= 15 is 0 Å². The van der Waals surface area contributed by atoms with Gasteiger partial charge < -0.3 is 42.3 Å². The molecule has 172 valence electrons. The Morgan fingerprint density at radius 2 is 0.848 bits per heavy atom. The largest absolute Gasteiger partial charge is 2.00 e. The molecule has 0 saturated heterocycles. The molecule has 0 unspecified atom stereocenters. The summed E-state index contributed by atoms with van der Waals surface area (Å²) in [5.41, 5.74) is -0.354. The molecular weight excluding hydrogens is 490 g/mol. The Bertz CT molecular complexity index is 1120. The minimum atomic E-state index is -1.18. The Morgan fingerprint density at radius 3 is 1.15 bits per heavy atom. The Labute approximate surface area is 200 Å². The van der Waals surface area contributed by atoms with E-state index in [1.165, 1.54) is 12.1 Å². The van der Waals surface area contributed by atoms with Gasteiger partial charge in [-0.15, -0.1) is 0 Å². The number of hydrogen-bond donors (Lipinski definition) is 2. The number of benzene rings is 4. The summed E-state index contributed by atoms with van der Waals surface area (Å²) in [6, 6.07) is 19.8. The van der Waals surface area contributed by atoms with Crippen molar-refractivity contribution in [1.82, 2.24) is 0 Å². The third-order valence-electron chi connectivity index (χ3n) is 4.22. The molecule has 0 heterocycles. The molecule has 11 heteroatoms. The van der Waals surface area contributed by atoms with Crippen LogP contribution >= 0.6 is 0 Å². The molecule has 0 atom stereocenters. The fourth-order valence-corrected chi connectivity index (χ4v) is 2.82. The molecule has 0 amide bonds. The zero-order valence-corrected chi connectivity index (χ0v) is 20.1. The number of hydrogen-bond acceptors (Lipinski definition) is 4. The van der Waals surface area contributed by atoms with Gasteiger partial charge in [0, 0.05) is 0 Å². The van der Waals surface area contributed by atoms with Crippen LogP contribution < -0.4 is 10.2 Å². The quantitative estimate of drug-likeness (QED) is 0.348. The average molecular weight is 512 g/mol. The molecule has 0 bridgehead atoms. The van der Waals surface area contributed by atoms with Crippen LogP contribution in [0.4, 0.5) is 0 Å². The van der Waals surface area contributed by atoms with Crippen LogP contribution in [-0.4, -0.2) is 44.1 Å². The summed E-state index contributed by atoms with van der Waals surface area (Å²) in [6.07, 6.45) is 0. The van der Waals surface area contributed by atoms with Crippen LogP contribution in [0.2, 0.25) is 0 Å². The van der Waals surface area contributed by atoms with Crippen LogP contribution in [0.15, 0.2) is 72.8 Å². The van der Waals surface area contributed by atoms with Gasteiger partial charge in [-0.2, -0.15) is 0 Å². The summed E-state index contributed by atoms with van der Waals surface area (Å²) in [4.78, 5) is 21.3. The first kappa shape index (κ1) is 34.0. The Hall–Kier alpha value is -3.60. The molecule has 4 rings (SSSR count). The van der Waals surface area contributed by atoms with Gasteiger partial charge in [-0.1, -0.05) is 72.2 Å². The third-order valence-corrected chi connectivity index (χ3v) is 4.22. The smallest absolute Gasteiger partial charge is 0.871 e. The maximum Gasteiger partial charge on any atom is 2.00 e. The summed E-state index contributed by atoms with van der Waals surface area (Å²) in [5.74, 6) is -3.20. The first-order valence-electron chi connectivity index (χ1n) is 8.24. The summed E-state index contributed by atoms with van der Waals surface area (Å²) in [6.45, 7) is 0. The third kappa shape index (κ3) is 7.21. The van der Waals surface area contributed by atoms with Gasteiger partial charge in [-0.25, -0.2) is 9.59 Å². The van der Waals surface area contributed by atoms with E-state index in [-0.39, 0.29) is 52.5 Å². The van der Waals surface area contributed by atoms with Crippen molar-refractivity contribution in [3.8, 4) is 11.5 Å². The summed E-state index contributed by atoms with van der Waals surface area (Å²) in [5, 5.41) is 43.1. The number of fused-ring (bicyclic) bond motifs is 2. The van der Waals surface area contributed by atoms with Gasteiger partial charge in [0.25, 0.3) is 0 Å². The second-order valence-electron chi connectivity index (χ2n) is 5.94. The molecular formula is C22H22O10Zn. The monoisotopic (exact) mass is 510 g/mol. The topological polar surface area (TPSA) is 247 Å². The van der Waals surface area contributed by atoms with Gasteiger partial charge in [0.15, 0.2) is 0 Å². The summed E-state index contributed by atoms with van der Waals surface area (Å²) >= 11 is 0. The molecule has 10 nitrogen and oxygen atoms in total. The van der Waals surface area contributed by atoms with Crippen molar-refractivity contribution in [1.29, 1.82) is 0 Å². The molecule has 0 radical (unpaired) electrons. The number of aromatic carboxylic acids is 2. The number of carboxylic acids is 2. The van der Waals surface area contributed by atoms with E-state index in [9.17, 15) is 19.8 Å². The molecule has 0 fully saturated rings. The molecule has 4 aromatic rings. The summed E-state index contributed by atoms with van der Waals surface area (Å²) in [7, 11) is 0. The predicted octanol–water partition coefficient (Wildman–Crippen LogP) is -0.0781. The maximum absolute atomic E-state index is 11.6. The average Bonchev–Trinajstić information content (AvgIpc) is 2.69. The second-order valence-corrected chi connectivity index (χ2v) is 5.94. The fraction of sp³-hybridized carbons (Fsp3) is 0. The van der Waals surface area contributed by atoms with Gasteiger partial charge in [0.2, 0.25) is 0 Å². The van der Waals surface area contributed by atoms with Crippen molar-refractivity contribution in [3.63, 3.8) is 0 Å². The number of carbonyl (C=O) groups is 2. The first-order valence-corrected chi connectivity index (χ1v) is 8.24. The second kappa shape index (κ2) is 14.5. The molecule has 33 heavy (non-hydrogen) atoms. The number of rotatable bonds is 2. The summed E-state index contributed by atoms with van der Waals surface area (Å²) < 4.78 is 0. The van der Waals surface area contributed by atoms with Gasteiger partial charge in [-0.3, -0.25) is 0 Å². The zero-order chi connectivity index (χ0) is 20.3. The normalized spacial score (nSPS) is 8.73.